The van der Waals surface area contributed by atoms with Crippen LogP contribution in [0.2, 0.25) is 0 Å². The van der Waals surface area contributed by atoms with Crippen molar-refractivity contribution in [1.29, 1.82) is 0 Å². The fourth-order valence-corrected chi connectivity index (χ4v) is 2.21. The highest BCUT2D eigenvalue weighted by atomic mass is 35.5. The van der Waals surface area contributed by atoms with E-state index in [-0.39, 0.29) is 30.3 Å². The Labute approximate surface area is 129 Å². The highest BCUT2D eigenvalue weighted by Gasteiger charge is 2.13. The minimum Gasteiger partial charge on any atom is -0.355 e. The van der Waals surface area contributed by atoms with Gasteiger partial charge in [-0.05, 0) is 12.1 Å². The van der Waals surface area contributed by atoms with Crippen molar-refractivity contribution in [3.63, 3.8) is 0 Å². The Morgan fingerprint density at radius 1 is 1.24 bits per heavy atom. The van der Waals surface area contributed by atoms with Crippen LogP contribution in [-0.2, 0) is 11.2 Å². The number of carbonyl (C=O) groups is 1. The van der Waals surface area contributed by atoms with E-state index in [4.69, 9.17) is 0 Å². The molecule has 118 valence electrons. The number of benzene rings is 1. The first-order valence-electron chi connectivity index (χ1n) is 6.79. The molecule has 0 aliphatic carbocycles. The van der Waals surface area contributed by atoms with Gasteiger partial charge >= 0.3 is 0 Å². The Morgan fingerprint density at radius 3 is 2.48 bits per heavy atom. The largest absolute Gasteiger partial charge is 0.355 e. The average Bonchev–Trinajstić information content (AvgIpc) is 2.44. The summed E-state index contributed by atoms with van der Waals surface area (Å²) in [5.41, 5.74) is -0.174. The van der Waals surface area contributed by atoms with Crippen LogP contribution in [0.1, 0.15) is 5.56 Å². The Morgan fingerprint density at radius 2 is 1.86 bits per heavy atom. The summed E-state index contributed by atoms with van der Waals surface area (Å²) >= 11 is 0. The van der Waals surface area contributed by atoms with E-state index in [0.717, 1.165) is 44.9 Å². The molecular formula is C14H20ClF2N3O. The van der Waals surface area contributed by atoms with E-state index in [1.807, 2.05) is 0 Å². The summed E-state index contributed by atoms with van der Waals surface area (Å²) in [5.74, 6) is -1.71. The predicted octanol–water partition coefficient (Wildman–Crippen LogP) is 0.950. The summed E-state index contributed by atoms with van der Waals surface area (Å²) in [6.07, 6.45) is -0.264. The molecule has 0 spiro atoms. The van der Waals surface area contributed by atoms with Crippen molar-refractivity contribution in [1.82, 2.24) is 15.5 Å². The minimum absolute atomic E-state index is 0. The molecule has 21 heavy (non-hydrogen) atoms. The van der Waals surface area contributed by atoms with Crippen LogP contribution >= 0.6 is 12.4 Å². The molecule has 7 heteroatoms. The second-order valence-corrected chi connectivity index (χ2v) is 4.82. The van der Waals surface area contributed by atoms with Gasteiger partial charge in [0, 0.05) is 44.8 Å². The van der Waals surface area contributed by atoms with Gasteiger partial charge in [-0.15, -0.1) is 12.4 Å². The van der Waals surface area contributed by atoms with Gasteiger partial charge in [-0.2, -0.15) is 0 Å². The first kappa shape index (κ1) is 17.8. The summed E-state index contributed by atoms with van der Waals surface area (Å²) in [6, 6.07) is 3.61. The average molecular weight is 320 g/mol. The number of halogens is 3. The molecule has 1 heterocycles. The maximum Gasteiger partial charge on any atom is 0.224 e. The van der Waals surface area contributed by atoms with Gasteiger partial charge < -0.3 is 10.6 Å². The molecule has 0 aromatic heterocycles. The number of nitrogens with zero attached hydrogens (tertiary/aromatic N) is 1. The van der Waals surface area contributed by atoms with Gasteiger partial charge in [0.1, 0.15) is 11.6 Å². The Hall–Kier alpha value is -1.24. The van der Waals surface area contributed by atoms with E-state index < -0.39 is 11.6 Å². The third kappa shape index (κ3) is 5.57. The summed E-state index contributed by atoms with van der Waals surface area (Å²) in [4.78, 5) is 13.9. The van der Waals surface area contributed by atoms with E-state index in [0.29, 0.717) is 6.54 Å². The van der Waals surface area contributed by atoms with E-state index in [9.17, 15) is 13.6 Å². The van der Waals surface area contributed by atoms with Crippen molar-refractivity contribution in [2.45, 2.75) is 6.42 Å². The van der Waals surface area contributed by atoms with Crippen LogP contribution in [-0.4, -0.2) is 50.1 Å². The Kier molecular flexibility index (Phi) is 7.56. The zero-order chi connectivity index (χ0) is 14.4. The van der Waals surface area contributed by atoms with Crippen LogP contribution in [0.3, 0.4) is 0 Å². The van der Waals surface area contributed by atoms with E-state index in [1.165, 1.54) is 6.07 Å². The van der Waals surface area contributed by atoms with E-state index in [2.05, 4.69) is 15.5 Å². The van der Waals surface area contributed by atoms with Crippen molar-refractivity contribution >= 4 is 18.3 Å². The van der Waals surface area contributed by atoms with Gasteiger partial charge in [0.05, 0.1) is 6.42 Å². The van der Waals surface area contributed by atoms with Crippen molar-refractivity contribution in [2.75, 3.05) is 39.3 Å². The maximum absolute atomic E-state index is 13.4. The van der Waals surface area contributed by atoms with Crippen LogP contribution in [0.15, 0.2) is 18.2 Å². The normalized spacial score (nSPS) is 15.3. The number of hydrogen-bond donors (Lipinski definition) is 2. The lowest BCUT2D eigenvalue weighted by atomic mass is 10.1. The zero-order valence-electron chi connectivity index (χ0n) is 11.7. The van der Waals surface area contributed by atoms with Crippen LogP contribution in [0.4, 0.5) is 8.78 Å². The Bertz CT molecular complexity index is 447. The van der Waals surface area contributed by atoms with Gasteiger partial charge in [0.2, 0.25) is 5.91 Å². The monoisotopic (exact) mass is 319 g/mol. The van der Waals surface area contributed by atoms with E-state index in [1.54, 1.807) is 0 Å². The van der Waals surface area contributed by atoms with Crippen molar-refractivity contribution < 1.29 is 13.6 Å². The zero-order valence-corrected chi connectivity index (χ0v) is 12.5. The van der Waals surface area contributed by atoms with Crippen LogP contribution in [0, 0.1) is 11.6 Å². The second kappa shape index (κ2) is 8.92. The number of amides is 1. The lowest BCUT2D eigenvalue weighted by Gasteiger charge is -2.27. The molecule has 0 atom stereocenters. The van der Waals surface area contributed by atoms with Gasteiger partial charge in [-0.3, -0.25) is 9.69 Å². The van der Waals surface area contributed by atoms with Gasteiger partial charge in [-0.1, -0.05) is 6.07 Å². The molecule has 4 nitrogen and oxygen atoms in total. The van der Waals surface area contributed by atoms with Crippen LogP contribution < -0.4 is 10.6 Å². The third-order valence-electron chi connectivity index (χ3n) is 3.36. The molecule has 1 aromatic rings. The Balaban J connectivity index is 0.00000220. The first-order valence-corrected chi connectivity index (χ1v) is 6.79. The highest BCUT2D eigenvalue weighted by Crippen LogP contribution is 2.12. The van der Waals surface area contributed by atoms with Gasteiger partial charge in [0.25, 0.3) is 0 Å². The summed E-state index contributed by atoms with van der Waals surface area (Å²) in [5, 5.41) is 5.95. The molecule has 2 N–H and O–H groups in total. The van der Waals surface area contributed by atoms with Crippen LogP contribution in [0.5, 0.6) is 0 Å². The first-order chi connectivity index (χ1) is 9.66. The molecule has 1 fully saturated rings. The number of rotatable bonds is 5. The fourth-order valence-electron chi connectivity index (χ4n) is 2.21. The summed E-state index contributed by atoms with van der Waals surface area (Å²) in [6.45, 7) is 5.07. The third-order valence-corrected chi connectivity index (χ3v) is 3.36. The minimum atomic E-state index is -0.678. The molecular weight excluding hydrogens is 300 g/mol. The number of carbonyl (C=O) groups excluding carboxylic acids is 1. The maximum atomic E-state index is 13.4. The van der Waals surface area contributed by atoms with Crippen molar-refractivity contribution in [2.24, 2.45) is 0 Å². The SMILES string of the molecule is Cl.O=C(Cc1c(F)cccc1F)NCCN1CCNCC1. The molecule has 1 aromatic carbocycles. The van der Waals surface area contributed by atoms with Gasteiger partial charge in [-0.25, -0.2) is 8.78 Å². The fraction of sp³-hybridized carbons (Fsp3) is 0.500. The van der Waals surface area contributed by atoms with Crippen molar-refractivity contribution in [3.05, 3.63) is 35.4 Å². The molecule has 1 amide bonds. The summed E-state index contributed by atoms with van der Waals surface area (Å²) in [7, 11) is 0. The lowest BCUT2D eigenvalue weighted by Crippen LogP contribution is -2.46. The molecule has 0 radical (unpaired) electrons. The number of nitrogens with one attached hydrogen (secondary N) is 2. The molecule has 1 aliphatic heterocycles. The molecule has 0 unspecified atom stereocenters. The standard InChI is InChI=1S/C14H19F2N3O.ClH/c15-12-2-1-3-13(16)11(12)10-14(20)18-6-9-19-7-4-17-5-8-19;/h1-3,17H,4-10H2,(H,18,20);1H. The molecule has 1 aliphatic rings. The molecule has 1 saturated heterocycles. The molecule has 2 rings (SSSR count). The quantitative estimate of drug-likeness (QED) is 0.849. The van der Waals surface area contributed by atoms with Crippen molar-refractivity contribution in [3.8, 4) is 0 Å². The topological polar surface area (TPSA) is 44.4 Å². The van der Waals surface area contributed by atoms with Crippen LogP contribution in [0.25, 0.3) is 0 Å². The van der Waals surface area contributed by atoms with Gasteiger partial charge in [0.15, 0.2) is 0 Å². The summed E-state index contributed by atoms with van der Waals surface area (Å²) < 4.78 is 26.8. The lowest BCUT2D eigenvalue weighted by molar-refractivity contribution is -0.120. The number of piperazine rings is 1. The second-order valence-electron chi connectivity index (χ2n) is 4.82. The van der Waals surface area contributed by atoms with E-state index >= 15 is 0 Å². The smallest absolute Gasteiger partial charge is 0.224 e. The molecule has 0 bridgehead atoms. The predicted molar refractivity (Wildman–Crippen MR) is 79.6 cm³/mol. The number of hydrogen-bond acceptors (Lipinski definition) is 3. The highest BCUT2D eigenvalue weighted by molar-refractivity contribution is 5.85. The molecule has 0 saturated carbocycles.